The monoisotopic (exact) mass is 300 g/mol. The summed E-state index contributed by atoms with van der Waals surface area (Å²) in [6, 6.07) is 11.0. The summed E-state index contributed by atoms with van der Waals surface area (Å²) < 4.78 is 4.75. The molecular formula is C18H20O4. The minimum Gasteiger partial charge on any atom is -0.504 e. The molecule has 0 amide bonds. The Kier molecular flexibility index (Phi) is 5.04. The molecule has 4 heteroatoms. The summed E-state index contributed by atoms with van der Waals surface area (Å²) in [5.74, 6) is -0.144. The van der Waals surface area contributed by atoms with Crippen LogP contribution in [0.4, 0.5) is 4.79 Å². The van der Waals surface area contributed by atoms with Crippen LogP contribution in [0.5, 0.6) is 11.5 Å². The van der Waals surface area contributed by atoms with Crippen LogP contribution in [0.2, 0.25) is 0 Å². The van der Waals surface area contributed by atoms with Gasteiger partial charge in [-0.3, -0.25) is 0 Å². The van der Waals surface area contributed by atoms with Gasteiger partial charge in [0.25, 0.3) is 0 Å². The summed E-state index contributed by atoms with van der Waals surface area (Å²) in [5, 5.41) is 19.3. The molecule has 0 spiro atoms. The Hall–Kier alpha value is -2.49. The SMILES string of the molecule is CCCCc1cc(OC(=O)O)c(O)c(-c2ccccc2)c1C. The maximum atomic E-state index is 10.8. The van der Waals surface area contributed by atoms with Crippen molar-refractivity contribution in [1.29, 1.82) is 0 Å². The third-order valence-corrected chi connectivity index (χ3v) is 3.69. The Morgan fingerprint density at radius 2 is 1.91 bits per heavy atom. The average molecular weight is 300 g/mol. The summed E-state index contributed by atoms with van der Waals surface area (Å²) in [6.07, 6.45) is 1.42. The van der Waals surface area contributed by atoms with E-state index in [1.165, 1.54) is 0 Å². The highest BCUT2D eigenvalue weighted by atomic mass is 16.7. The van der Waals surface area contributed by atoms with E-state index in [1.807, 2.05) is 37.3 Å². The minimum absolute atomic E-state index is 0.0111. The van der Waals surface area contributed by atoms with Gasteiger partial charge in [-0.2, -0.15) is 0 Å². The van der Waals surface area contributed by atoms with Crippen molar-refractivity contribution < 1.29 is 19.7 Å². The molecule has 0 unspecified atom stereocenters. The Morgan fingerprint density at radius 3 is 2.50 bits per heavy atom. The summed E-state index contributed by atoms with van der Waals surface area (Å²) >= 11 is 0. The molecule has 2 aromatic carbocycles. The van der Waals surface area contributed by atoms with Gasteiger partial charge < -0.3 is 14.9 Å². The maximum absolute atomic E-state index is 10.8. The van der Waals surface area contributed by atoms with Crippen LogP contribution in [0.15, 0.2) is 36.4 Å². The zero-order valence-electron chi connectivity index (χ0n) is 12.8. The summed E-state index contributed by atoms with van der Waals surface area (Å²) in [7, 11) is 0. The number of ether oxygens (including phenoxy) is 1. The standard InChI is InChI=1S/C18H20O4/c1-3-4-8-14-11-15(22-18(20)21)17(19)16(12(14)2)13-9-6-5-7-10-13/h5-7,9-11,19H,3-4,8H2,1-2H3,(H,20,21). The second kappa shape index (κ2) is 6.98. The summed E-state index contributed by atoms with van der Waals surface area (Å²) in [4.78, 5) is 10.8. The molecule has 0 heterocycles. The van der Waals surface area contributed by atoms with E-state index in [1.54, 1.807) is 6.07 Å². The Morgan fingerprint density at radius 1 is 1.23 bits per heavy atom. The number of hydrogen-bond acceptors (Lipinski definition) is 3. The number of unbranched alkanes of at least 4 members (excludes halogenated alkanes) is 1. The number of rotatable bonds is 5. The van der Waals surface area contributed by atoms with E-state index in [-0.39, 0.29) is 11.5 Å². The zero-order valence-corrected chi connectivity index (χ0v) is 12.8. The van der Waals surface area contributed by atoms with Crippen molar-refractivity contribution in [2.24, 2.45) is 0 Å². The van der Waals surface area contributed by atoms with E-state index in [4.69, 9.17) is 9.84 Å². The van der Waals surface area contributed by atoms with Crippen molar-refractivity contribution in [3.63, 3.8) is 0 Å². The molecule has 0 atom stereocenters. The molecule has 0 saturated heterocycles. The van der Waals surface area contributed by atoms with Gasteiger partial charge in [-0.1, -0.05) is 43.7 Å². The average Bonchev–Trinajstić information content (AvgIpc) is 2.50. The third-order valence-electron chi connectivity index (χ3n) is 3.69. The number of aryl methyl sites for hydroxylation is 1. The lowest BCUT2D eigenvalue weighted by Gasteiger charge is -2.16. The Balaban J connectivity index is 2.61. The summed E-state index contributed by atoms with van der Waals surface area (Å²) in [6.45, 7) is 4.04. The lowest BCUT2D eigenvalue weighted by Crippen LogP contribution is -2.05. The fraction of sp³-hybridized carbons (Fsp3) is 0.278. The first-order valence-corrected chi connectivity index (χ1v) is 7.36. The normalized spacial score (nSPS) is 10.5. The second-order valence-electron chi connectivity index (χ2n) is 5.22. The Labute approximate surface area is 130 Å². The Bertz CT molecular complexity index is 663. The largest absolute Gasteiger partial charge is 0.511 e. The summed E-state index contributed by atoms with van der Waals surface area (Å²) in [5.41, 5.74) is 3.42. The van der Waals surface area contributed by atoms with Gasteiger partial charge in [0.05, 0.1) is 0 Å². The predicted molar refractivity (Wildman–Crippen MR) is 85.5 cm³/mol. The van der Waals surface area contributed by atoms with Crippen molar-refractivity contribution in [2.75, 3.05) is 0 Å². The smallest absolute Gasteiger partial charge is 0.504 e. The zero-order chi connectivity index (χ0) is 16.1. The van der Waals surface area contributed by atoms with Gasteiger partial charge in [0, 0.05) is 5.56 Å². The van der Waals surface area contributed by atoms with Crippen LogP contribution >= 0.6 is 0 Å². The lowest BCUT2D eigenvalue weighted by molar-refractivity contribution is 0.143. The van der Waals surface area contributed by atoms with Gasteiger partial charge in [-0.05, 0) is 42.5 Å². The molecule has 0 aromatic heterocycles. The van der Waals surface area contributed by atoms with Crippen molar-refractivity contribution >= 4 is 6.16 Å². The number of carbonyl (C=O) groups is 1. The lowest BCUT2D eigenvalue weighted by atomic mass is 9.92. The molecule has 116 valence electrons. The third kappa shape index (κ3) is 3.39. The number of carboxylic acid groups (broad SMARTS) is 1. The molecule has 2 N–H and O–H groups in total. The molecule has 0 aliphatic rings. The number of phenolic OH excluding ortho intramolecular Hbond substituents is 1. The van der Waals surface area contributed by atoms with Gasteiger partial charge in [-0.25, -0.2) is 4.79 Å². The molecule has 2 rings (SSSR count). The molecule has 4 nitrogen and oxygen atoms in total. The topological polar surface area (TPSA) is 66.8 Å². The van der Waals surface area contributed by atoms with Crippen LogP contribution in [-0.4, -0.2) is 16.4 Å². The van der Waals surface area contributed by atoms with Crippen molar-refractivity contribution in [3.05, 3.63) is 47.5 Å². The van der Waals surface area contributed by atoms with Crippen LogP contribution in [0.25, 0.3) is 11.1 Å². The molecule has 0 radical (unpaired) electrons. The van der Waals surface area contributed by atoms with E-state index in [2.05, 4.69) is 6.92 Å². The fourth-order valence-electron chi connectivity index (χ4n) is 2.55. The second-order valence-corrected chi connectivity index (χ2v) is 5.22. The van der Waals surface area contributed by atoms with Crippen LogP contribution in [0, 0.1) is 6.92 Å². The van der Waals surface area contributed by atoms with Crippen LogP contribution in [0.1, 0.15) is 30.9 Å². The molecule has 0 aliphatic carbocycles. The molecule has 0 fully saturated rings. The van der Waals surface area contributed by atoms with E-state index < -0.39 is 6.16 Å². The van der Waals surface area contributed by atoms with Crippen LogP contribution < -0.4 is 4.74 Å². The molecular weight excluding hydrogens is 280 g/mol. The quantitative estimate of drug-likeness (QED) is 0.616. The molecule has 0 aliphatic heterocycles. The van der Waals surface area contributed by atoms with E-state index >= 15 is 0 Å². The number of hydrogen-bond donors (Lipinski definition) is 2. The molecule has 0 bridgehead atoms. The minimum atomic E-state index is -1.43. The fourth-order valence-corrected chi connectivity index (χ4v) is 2.55. The van der Waals surface area contributed by atoms with Gasteiger partial charge in [0.2, 0.25) is 0 Å². The molecule has 2 aromatic rings. The van der Waals surface area contributed by atoms with E-state index in [0.717, 1.165) is 36.0 Å². The first-order chi connectivity index (χ1) is 10.5. The van der Waals surface area contributed by atoms with Crippen molar-refractivity contribution in [2.45, 2.75) is 33.1 Å². The number of phenols is 1. The number of aromatic hydroxyl groups is 1. The van der Waals surface area contributed by atoms with Gasteiger partial charge >= 0.3 is 6.16 Å². The van der Waals surface area contributed by atoms with Crippen LogP contribution in [0.3, 0.4) is 0 Å². The number of benzene rings is 2. The van der Waals surface area contributed by atoms with Gasteiger partial charge in [0.1, 0.15) is 0 Å². The van der Waals surface area contributed by atoms with Gasteiger partial charge in [0.15, 0.2) is 11.5 Å². The molecule has 0 saturated carbocycles. The highest BCUT2D eigenvalue weighted by molar-refractivity contribution is 5.79. The van der Waals surface area contributed by atoms with E-state index in [9.17, 15) is 9.90 Å². The molecule has 22 heavy (non-hydrogen) atoms. The van der Waals surface area contributed by atoms with Crippen LogP contribution in [-0.2, 0) is 6.42 Å². The highest BCUT2D eigenvalue weighted by Crippen LogP contribution is 2.42. The van der Waals surface area contributed by atoms with Gasteiger partial charge in [-0.15, -0.1) is 0 Å². The predicted octanol–water partition coefficient (Wildman–Crippen LogP) is 4.77. The first-order valence-electron chi connectivity index (χ1n) is 7.36. The van der Waals surface area contributed by atoms with Crippen molar-refractivity contribution in [1.82, 2.24) is 0 Å². The maximum Gasteiger partial charge on any atom is 0.511 e. The van der Waals surface area contributed by atoms with Crippen molar-refractivity contribution in [3.8, 4) is 22.6 Å². The first kappa shape index (κ1) is 15.9. The highest BCUT2D eigenvalue weighted by Gasteiger charge is 2.19. The van der Waals surface area contributed by atoms with E-state index in [0.29, 0.717) is 5.56 Å².